The van der Waals surface area contributed by atoms with Crippen LogP contribution in [0, 0.1) is 0 Å². The van der Waals surface area contributed by atoms with Gasteiger partial charge in [-0.2, -0.15) is 6.07 Å². The van der Waals surface area contributed by atoms with E-state index in [-0.39, 0.29) is 58.9 Å². The molecule has 0 N–H and O–H groups in total. The molecule has 0 unspecified atom stereocenters. The van der Waals surface area contributed by atoms with E-state index in [2.05, 4.69) is 105 Å². The molecule has 0 aliphatic carbocycles. The van der Waals surface area contributed by atoms with E-state index in [1.54, 1.807) is 5.30 Å². The van der Waals surface area contributed by atoms with Crippen molar-refractivity contribution in [3.8, 4) is 0 Å². The largest absolute Gasteiger partial charge is 4.00 e. The molecule has 0 atom stereocenters. The number of halogens is 2. The minimum Gasteiger partial charge on any atom is -1.00 e. The van der Waals surface area contributed by atoms with Crippen LogP contribution in [0.15, 0.2) is 91.0 Å². The molecule has 5 aromatic carbocycles. The minimum atomic E-state index is 0. The van der Waals surface area contributed by atoms with E-state index in [9.17, 15) is 0 Å². The fraction of sp³-hybridized carbons (Fsp3) is 0.214. The van der Waals surface area contributed by atoms with Crippen LogP contribution in [-0.4, -0.2) is 12.3 Å². The summed E-state index contributed by atoms with van der Waals surface area (Å²) in [4.78, 5) is 0. The molecule has 0 bridgehead atoms. The average Bonchev–Trinajstić information content (AvgIpc) is 3.35. The van der Waals surface area contributed by atoms with Gasteiger partial charge in [0.1, 0.15) is 0 Å². The second-order valence-electron chi connectivity index (χ2n) is 7.65. The number of hydrogen-bond donors (Lipinski definition) is 0. The minimum absolute atomic E-state index is 0. The van der Waals surface area contributed by atoms with Crippen molar-refractivity contribution in [2.24, 2.45) is 0 Å². The Kier molecular flexibility index (Phi) is 13.0. The van der Waals surface area contributed by atoms with Crippen molar-refractivity contribution in [1.82, 2.24) is 0 Å². The average molecular weight is 559 g/mol. The maximum absolute atomic E-state index is 2.41. The molecule has 164 valence electrons. The first-order chi connectivity index (χ1) is 14.3. The Hall–Kier alpha value is -0.967. The second-order valence-corrected chi connectivity index (χ2v) is 10.1. The molecule has 32 heavy (non-hydrogen) atoms. The summed E-state index contributed by atoms with van der Waals surface area (Å²) in [7, 11) is 0.0972. The topological polar surface area (TPSA) is 0 Å². The van der Waals surface area contributed by atoms with Crippen LogP contribution < -0.4 is 30.1 Å². The maximum atomic E-state index is 2.41. The van der Waals surface area contributed by atoms with E-state index in [1.165, 1.54) is 57.5 Å². The van der Waals surface area contributed by atoms with Gasteiger partial charge in [-0.1, -0.05) is 77.1 Å². The van der Waals surface area contributed by atoms with Crippen molar-refractivity contribution in [3.63, 3.8) is 0 Å². The SMILES string of the molecule is CCCP(CCC)c1cc2ccccc2[cH-]1.[Cl-].[Cl-].[Zr+4].c1ccc2c(c1)[cH-]c1ccccc12. The van der Waals surface area contributed by atoms with Crippen molar-refractivity contribution in [2.75, 3.05) is 12.3 Å². The zero-order valence-electron chi connectivity index (χ0n) is 18.7. The molecule has 0 saturated heterocycles. The van der Waals surface area contributed by atoms with E-state index in [1.807, 2.05) is 0 Å². The van der Waals surface area contributed by atoms with E-state index in [0.29, 0.717) is 0 Å². The van der Waals surface area contributed by atoms with Crippen molar-refractivity contribution in [1.29, 1.82) is 0 Å². The summed E-state index contributed by atoms with van der Waals surface area (Å²) in [6.07, 6.45) is 5.40. The third-order valence-corrected chi connectivity index (χ3v) is 8.44. The summed E-state index contributed by atoms with van der Waals surface area (Å²) in [5.41, 5.74) is 0. The predicted molar refractivity (Wildman–Crippen MR) is 133 cm³/mol. The molecule has 5 rings (SSSR count). The Morgan fingerprint density at radius 1 is 0.625 bits per heavy atom. The molecule has 0 nitrogen and oxygen atoms in total. The number of rotatable bonds is 5. The fourth-order valence-corrected chi connectivity index (χ4v) is 6.59. The quantitative estimate of drug-likeness (QED) is 0.229. The Labute approximate surface area is 225 Å². The van der Waals surface area contributed by atoms with Crippen LogP contribution in [0.4, 0.5) is 0 Å². The van der Waals surface area contributed by atoms with Crippen LogP contribution in [0.1, 0.15) is 26.7 Å². The van der Waals surface area contributed by atoms with Crippen LogP contribution in [0.3, 0.4) is 0 Å². The molecule has 5 aromatic rings. The van der Waals surface area contributed by atoms with E-state index < -0.39 is 0 Å². The fourth-order valence-electron chi connectivity index (χ4n) is 4.13. The Bertz CT molecular complexity index is 1120. The van der Waals surface area contributed by atoms with Gasteiger partial charge in [-0.05, 0) is 12.3 Å². The predicted octanol–water partition coefficient (Wildman–Crippen LogP) is 2.20. The van der Waals surface area contributed by atoms with Crippen molar-refractivity contribution < 1.29 is 51.0 Å². The smallest absolute Gasteiger partial charge is 1.00 e. The maximum Gasteiger partial charge on any atom is 4.00 e. The second kappa shape index (κ2) is 14.3. The molecule has 0 saturated carbocycles. The van der Waals surface area contributed by atoms with Crippen LogP contribution in [0.25, 0.3) is 32.3 Å². The van der Waals surface area contributed by atoms with E-state index in [4.69, 9.17) is 0 Å². The first-order valence-electron chi connectivity index (χ1n) is 10.7. The molecule has 0 amide bonds. The number of benzene rings is 3. The van der Waals surface area contributed by atoms with Crippen molar-refractivity contribution in [3.05, 3.63) is 91.0 Å². The zero-order valence-corrected chi connectivity index (χ0v) is 23.6. The third kappa shape index (κ3) is 6.77. The molecule has 0 radical (unpaired) electrons. The molecule has 0 aromatic heterocycles. The summed E-state index contributed by atoms with van der Waals surface area (Å²) < 4.78 is 0. The Morgan fingerprint density at radius 3 is 1.59 bits per heavy atom. The molecule has 0 fully saturated rings. The number of fused-ring (bicyclic) bond motifs is 4. The van der Waals surface area contributed by atoms with Gasteiger partial charge in [-0.3, -0.25) is 0 Å². The van der Waals surface area contributed by atoms with Crippen LogP contribution >= 0.6 is 7.92 Å². The van der Waals surface area contributed by atoms with Crippen molar-refractivity contribution >= 4 is 45.5 Å². The van der Waals surface area contributed by atoms with Crippen LogP contribution in [0.5, 0.6) is 0 Å². The summed E-state index contributed by atoms with van der Waals surface area (Å²) in [5, 5.41) is 9.83. The number of hydrogen-bond acceptors (Lipinski definition) is 0. The monoisotopic (exact) mass is 556 g/mol. The zero-order chi connectivity index (χ0) is 20.1. The first-order valence-corrected chi connectivity index (χ1v) is 12.4. The molecule has 0 aliphatic rings. The standard InChI is InChI=1S/C15H20P.C13H9.2ClH.Zr/c1-3-9-16(10-4-2)15-11-13-7-5-6-8-14(13)12-15;1-3-7-12-10(5-1)9-11-6-2-4-8-13(11)12;;;/h5-8,11-12H,3-4,9-10H2,1-2H3;1-9H;2*1H;/q2*-1;;;+4/p-2. The van der Waals surface area contributed by atoms with Gasteiger partial charge in [0.15, 0.2) is 0 Å². The van der Waals surface area contributed by atoms with E-state index >= 15 is 0 Å². The normalized spacial score (nSPS) is 10.2. The molecular formula is C28H29Cl2PZr. The van der Waals surface area contributed by atoms with Gasteiger partial charge in [-0.15, -0.1) is 80.1 Å². The van der Waals surface area contributed by atoms with Crippen LogP contribution in [0.2, 0.25) is 0 Å². The first kappa shape index (κ1) is 29.1. The van der Waals surface area contributed by atoms with E-state index in [0.717, 1.165) is 0 Å². The van der Waals surface area contributed by atoms with Gasteiger partial charge < -0.3 is 24.8 Å². The Balaban J connectivity index is 0.000000296. The van der Waals surface area contributed by atoms with Gasteiger partial charge >= 0.3 is 26.2 Å². The van der Waals surface area contributed by atoms with Gasteiger partial charge in [-0.25, -0.2) is 0 Å². The van der Waals surface area contributed by atoms with Gasteiger partial charge in [0.05, 0.1) is 0 Å². The van der Waals surface area contributed by atoms with Crippen molar-refractivity contribution in [2.45, 2.75) is 26.7 Å². The summed E-state index contributed by atoms with van der Waals surface area (Å²) in [6.45, 7) is 4.60. The van der Waals surface area contributed by atoms with Gasteiger partial charge in [0, 0.05) is 0 Å². The van der Waals surface area contributed by atoms with Gasteiger partial charge in [0.2, 0.25) is 0 Å². The molecule has 0 aliphatic heterocycles. The molecule has 4 heteroatoms. The molecule has 0 spiro atoms. The summed E-state index contributed by atoms with van der Waals surface area (Å²) in [5.74, 6) is 0. The molecular weight excluding hydrogens is 529 g/mol. The Morgan fingerprint density at radius 2 is 1.09 bits per heavy atom. The summed E-state index contributed by atoms with van der Waals surface area (Å²) in [6, 6.07) is 32.8. The molecule has 0 heterocycles. The summed E-state index contributed by atoms with van der Waals surface area (Å²) >= 11 is 0. The van der Waals surface area contributed by atoms with Gasteiger partial charge in [0.25, 0.3) is 0 Å². The van der Waals surface area contributed by atoms with Crippen LogP contribution in [-0.2, 0) is 26.2 Å². The third-order valence-electron chi connectivity index (χ3n) is 5.48.